The minimum atomic E-state index is 1.03. The van der Waals surface area contributed by atoms with Crippen molar-refractivity contribution >= 4 is 21.8 Å². The number of fused-ring (bicyclic) bond motifs is 2. The van der Waals surface area contributed by atoms with E-state index in [-0.39, 0.29) is 0 Å². The van der Waals surface area contributed by atoms with E-state index in [4.69, 9.17) is 4.98 Å². The van der Waals surface area contributed by atoms with Crippen LogP contribution < -0.4 is 0 Å². The molecular formula is C18H12N2. The lowest BCUT2D eigenvalue weighted by atomic mass is 9.97. The molecule has 4 rings (SSSR count). The Morgan fingerprint density at radius 3 is 1.75 bits per heavy atom. The van der Waals surface area contributed by atoms with Crippen molar-refractivity contribution in [3.05, 3.63) is 73.1 Å². The summed E-state index contributed by atoms with van der Waals surface area (Å²) in [5.41, 5.74) is 4.46. The molecule has 0 fully saturated rings. The molecule has 2 aromatic carbocycles. The Morgan fingerprint density at radius 2 is 1.15 bits per heavy atom. The van der Waals surface area contributed by atoms with Crippen molar-refractivity contribution in [2.24, 2.45) is 0 Å². The van der Waals surface area contributed by atoms with Crippen molar-refractivity contribution in [2.75, 3.05) is 0 Å². The number of rotatable bonds is 1. The van der Waals surface area contributed by atoms with Gasteiger partial charge in [0.2, 0.25) is 0 Å². The van der Waals surface area contributed by atoms with Crippen LogP contribution in [0.25, 0.3) is 32.9 Å². The van der Waals surface area contributed by atoms with E-state index < -0.39 is 0 Å². The van der Waals surface area contributed by atoms with E-state index in [1.807, 2.05) is 36.7 Å². The zero-order valence-electron chi connectivity index (χ0n) is 10.8. The molecule has 0 bridgehead atoms. The van der Waals surface area contributed by atoms with Gasteiger partial charge in [-0.3, -0.25) is 4.98 Å². The lowest BCUT2D eigenvalue weighted by molar-refractivity contribution is 1.33. The molecule has 0 saturated carbocycles. The first-order valence-corrected chi connectivity index (χ1v) is 6.61. The Hall–Kier alpha value is -2.74. The van der Waals surface area contributed by atoms with Gasteiger partial charge < -0.3 is 0 Å². The van der Waals surface area contributed by atoms with Gasteiger partial charge in [-0.25, -0.2) is 4.98 Å². The normalized spacial score (nSPS) is 11.0. The second kappa shape index (κ2) is 4.42. The zero-order valence-corrected chi connectivity index (χ0v) is 10.8. The highest BCUT2D eigenvalue weighted by Gasteiger charge is 2.09. The first kappa shape index (κ1) is 11.1. The van der Waals surface area contributed by atoms with E-state index >= 15 is 0 Å². The molecule has 2 aromatic heterocycles. The van der Waals surface area contributed by atoms with Crippen LogP contribution in [0.1, 0.15) is 0 Å². The lowest BCUT2D eigenvalue weighted by Crippen LogP contribution is -1.88. The minimum absolute atomic E-state index is 1.03. The third kappa shape index (κ3) is 1.66. The summed E-state index contributed by atoms with van der Waals surface area (Å²) < 4.78 is 0. The predicted molar refractivity (Wildman–Crippen MR) is 82.5 cm³/mol. The molecule has 0 spiro atoms. The average Bonchev–Trinajstić information content (AvgIpc) is 2.53. The molecule has 4 aromatic rings. The first-order valence-electron chi connectivity index (χ1n) is 6.61. The molecule has 0 N–H and O–H groups in total. The van der Waals surface area contributed by atoms with Gasteiger partial charge in [0.1, 0.15) is 0 Å². The van der Waals surface area contributed by atoms with Crippen LogP contribution in [0.3, 0.4) is 0 Å². The smallest absolute Gasteiger partial charge is 0.0715 e. The van der Waals surface area contributed by atoms with Crippen molar-refractivity contribution < 1.29 is 0 Å². The van der Waals surface area contributed by atoms with Gasteiger partial charge >= 0.3 is 0 Å². The fraction of sp³-hybridized carbons (Fsp3) is 0. The average molecular weight is 256 g/mol. The number of hydrogen-bond acceptors (Lipinski definition) is 2. The van der Waals surface area contributed by atoms with E-state index in [1.54, 1.807) is 0 Å². The zero-order chi connectivity index (χ0) is 13.4. The number of hydrogen-bond donors (Lipinski definition) is 0. The van der Waals surface area contributed by atoms with E-state index in [0.29, 0.717) is 0 Å². The number of benzene rings is 2. The summed E-state index contributed by atoms with van der Waals surface area (Å²) in [6.45, 7) is 0. The highest BCUT2D eigenvalue weighted by atomic mass is 14.7. The SMILES string of the molecule is c1ccc2c(-c3ccncc3)c3ccccc3nc2c1. The predicted octanol–water partition coefficient (Wildman–Crippen LogP) is 4.45. The third-order valence-electron chi connectivity index (χ3n) is 3.56. The van der Waals surface area contributed by atoms with Crippen LogP contribution in [0.4, 0.5) is 0 Å². The highest BCUT2D eigenvalue weighted by molar-refractivity contribution is 6.09. The maximum Gasteiger partial charge on any atom is 0.0715 e. The summed E-state index contributed by atoms with van der Waals surface area (Å²) in [6, 6.07) is 20.7. The summed E-state index contributed by atoms with van der Waals surface area (Å²) in [5.74, 6) is 0. The van der Waals surface area contributed by atoms with Crippen molar-refractivity contribution in [3.63, 3.8) is 0 Å². The van der Waals surface area contributed by atoms with Crippen molar-refractivity contribution in [3.8, 4) is 11.1 Å². The molecule has 0 amide bonds. The molecule has 0 aliphatic carbocycles. The van der Waals surface area contributed by atoms with Crippen molar-refractivity contribution in [1.29, 1.82) is 0 Å². The van der Waals surface area contributed by atoms with Crippen molar-refractivity contribution in [1.82, 2.24) is 9.97 Å². The van der Waals surface area contributed by atoms with Crippen molar-refractivity contribution in [2.45, 2.75) is 0 Å². The molecular weight excluding hydrogens is 244 g/mol. The Balaban J connectivity index is 2.24. The Morgan fingerprint density at radius 1 is 0.600 bits per heavy atom. The molecule has 0 saturated heterocycles. The van der Waals surface area contributed by atoms with Gasteiger partial charge in [-0.15, -0.1) is 0 Å². The molecule has 2 nitrogen and oxygen atoms in total. The molecule has 0 atom stereocenters. The molecule has 2 heteroatoms. The number of para-hydroxylation sites is 2. The summed E-state index contributed by atoms with van der Waals surface area (Å²) in [6.07, 6.45) is 3.67. The van der Waals surface area contributed by atoms with E-state index in [0.717, 1.165) is 11.0 Å². The largest absolute Gasteiger partial charge is 0.265 e. The Kier molecular flexibility index (Phi) is 2.46. The van der Waals surface area contributed by atoms with Gasteiger partial charge in [0.15, 0.2) is 0 Å². The maximum absolute atomic E-state index is 4.75. The van der Waals surface area contributed by atoms with Crippen LogP contribution in [-0.2, 0) is 0 Å². The van der Waals surface area contributed by atoms with Crippen LogP contribution in [0.5, 0.6) is 0 Å². The highest BCUT2D eigenvalue weighted by Crippen LogP contribution is 2.34. The van der Waals surface area contributed by atoms with Gasteiger partial charge in [-0.2, -0.15) is 0 Å². The minimum Gasteiger partial charge on any atom is -0.265 e. The number of nitrogens with zero attached hydrogens (tertiary/aromatic N) is 2. The quantitative estimate of drug-likeness (QED) is 0.470. The fourth-order valence-electron chi connectivity index (χ4n) is 2.67. The Labute approximate surface area is 116 Å². The Bertz CT molecular complexity index is 845. The van der Waals surface area contributed by atoms with E-state index in [1.165, 1.54) is 21.9 Å². The van der Waals surface area contributed by atoms with Crippen LogP contribution >= 0.6 is 0 Å². The van der Waals surface area contributed by atoms with Gasteiger partial charge in [-0.1, -0.05) is 36.4 Å². The van der Waals surface area contributed by atoms with Gasteiger partial charge in [0.05, 0.1) is 11.0 Å². The molecule has 0 aliphatic heterocycles. The second-order valence-electron chi connectivity index (χ2n) is 4.76. The monoisotopic (exact) mass is 256 g/mol. The molecule has 2 heterocycles. The number of aromatic nitrogens is 2. The molecule has 0 radical (unpaired) electrons. The van der Waals surface area contributed by atoms with E-state index in [2.05, 4.69) is 41.4 Å². The van der Waals surface area contributed by atoms with Gasteiger partial charge in [-0.05, 0) is 29.8 Å². The first-order chi connectivity index (χ1) is 9.93. The second-order valence-corrected chi connectivity index (χ2v) is 4.76. The summed E-state index contributed by atoms with van der Waals surface area (Å²) in [5, 5.41) is 2.36. The summed E-state index contributed by atoms with van der Waals surface area (Å²) in [4.78, 5) is 8.86. The standard InChI is InChI=1S/C18H12N2/c1-3-7-16-14(5-1)18(13-9-11-19-12-10-13)15-6-2-4-8-17(15)20-16/h1-12H. The number of pyridine rings is 2. The third-order valence-corrected chi connectivity index (χ3v) is 3.56. The van der Waals surface area contributed by atoms with Gasteiger partial charge in [0.25, 0.3) is 0 Å². The molecule has 94 valence electrons. The van der Waals surface area contributed by atoms with Crippen LogP contribution in [0.15, 0.2) is 73.1 Å². The van der Waals surface area contributed by atoms with E-state index in [9.17, 15) is 0 Å². The van der Waals surface area contributed by atoms with Gasteiger partial charge in [0, 0.05) is 28.7 Å². The van der Waals surface area contributed by atoms with Crippen LogP contribution in [0, 0.1) is 0 Å². The van der Waals surface area contributed by atoms with Crippen LogP contribution in [0.2, 0.25) is 0 Å². The fourth-order valence-corrected chi connectivity index (χ4v) is 2.67. The summed E-state index contributed by atoms with van der Waals surface area (Å²) >= 11 is 0. The topological polar surface area (TPSA) is 25.8 Å². The van der Waals surface area contributed by atoms with Crippen LogP contribution in [-0.4, -0.2) is 9.97 Å². The molecule has 0 aliphatic rings. The molecule has 20 heavy (non-hydrogen) atoms. The lowest BCUT2D eigenvalue weighted by Gasteiger charge is -2.10. The summed E-state index contributed by atoms with van der Waals surface area (Å²) in [7, 11) is 0. The molecule has 0 unspecified atom stereocenters. The maximum atomic E-state index is 4.75.